The van der Waals surface area contributed by atoms with Crippen LogP contribution in [0.25, 0.3) is 0 Å². The highest BCUT2D eigenvalue weighted by molar-refractivity contribution is 6.99. The van der Waals surface area contributed by atoms with Crippen molar-refractivity contribution in [3.05, 3.63) is 96.6 Å². The van der Waals surface area contributed by atoms with Crippen molar-refractivity contribution in [3.8, 4) is 0 Å². The SMILES string of the molecule is C[C@H](O[Si](c1ccccc1)(c1ccccc1)C(C)(C)C)[C@H](O)C(C)(C)C(=O)[C@@H](C)COCc1ccccc1. The second-order valence-corrected chi connectivity index (χ2v) is 16.2. The number of ketones is 1. The van der Waals surface area contributed by atoms with E-state index in [1.807, 2.05) is 94.4 Å². The molecule has 5 heteroatoms. The Morgan fingerprint density at radius 3 is 1.68 bits per heavy atom. The molecule has 3 rings (SSSR count). The lowest BCUT2D eigenvalue weighted by Gasteiger charge is -2.46. The van der Waals surface area contributed by atoms with Gasteiger partial charge in [0.2, 0.25) is 0 Å². The molecule has 0 radical (unpaired) electrons. The monoisotopic (exact) mass is 532 g/mol. The van der Waals surface area contributed by atoms with Gasteiger partial charge in [-0.3, -0.25) is 4.79 Å². The summed E-state index contributed by atoms with van der Waals surface area (Å²) in [5.41, 5.74) is 0.0548. The van der Waals surface area contributed by atoms with E-state index in [2.05, 4.69) is 45.0 Å². The molecule has 0 heterocycles. The van der Waals surface area contributed by atoms with Gasteiger partial charge >= 0.3 is 0 Å². The first-order valence-electron chi connectivity index (χ1n) is 13.5. The van der Waals surface area contributed by atoms with Gasteiger partial charge in [0.05, 0.1) is 30.8 Å². The van der Waals surface area contributed by atoms with E-state index in [1.54, 1.807) is 0 Å². The number of hydrogen-bond acceptors (Lipinski definition) is 4. The summed E-state index contributed by atoms with van der Waals surface area (Å²) in [4.78, 5) is 13.6. The normalized spacial score (nSPS) is 15.1. The van der Waals surface area contributed by atoms with E-state index in [1.165, 1.54) is 0 Å². The topological polar surface area (TPSA) is 55.8 Å². The van der Waals surface area contributed by atoms with Crippen LogP contribution in [-0.4, -0.2) is 38.0 Å². The van der Waals surface area contributed by atoms with Gasteiger partial charge in [-0.25, -0.2) is 0 Å². The maximum absolute atomic E-state index is 13.6. The molecule has 0 fully saturated rings. The summed E-state index contributed by atoms with van der Waals surface area (Å²) in [6.07, 6.45) is -1.56. The molecule has 1 N–H and O–H groups in total. The molecule has 3 atom stereocenters. The molecule has 0 unspecified atom stereocenters. The van der Waals surface area contributed by atoms with Crippen molar-refractivity contribution in [2.24, 2.45) is 11.3 Å². The molecule has 0 amide bonds. The molecule has 4 nitrogen and oxygen atoms in total. The van der Waals surface area contributed by atoms with Crippen molar-refractivity contribution in [1.29, 1.82) is 0 Å². The Labute approximate surface area is 230 Å². The molecule has 3 aromatic rings. The van der Waals surface area contributed by atoms with Gasteiger partial charge in [-0.1, -0.05) is 133 Å². The minimum atomic E-state index is -2.87. The van der Waals surface area contributed by atoms with E-state index in [-0.39, 0.29) is 16.7 Å². The molecule has 0 bridgehead atoms. The first-order chi connectivity index (χ1) is 17.9. The maximum atomic E-state index is 13.6. The Bertz CT molecular complexity index is 1100. The van der Waals surface area contributed by atoms with E-state index in [4.69, 9.17) is 9.16 Å². The van der Waals surface area contributed by atoms with Gasteiger partial charge in [0.15, 0.2) is 0 Å². The second kappa shape index (κ2) is 12.5. The van der Waals surface area contributed by atoms with Crippen molar-refractivity contribution in [2.75, 3.05) is 6.61 Å². The van der Waals surface area contributed by atoms with Gasteiger partial charge in [-0.2, -0.15) is 0 Å². The molecule has 0 aliphatic rings. The van der Waals surface area contributed by atoms with E-state index in [9.17, 15) is 9.90 Å². The third-order valence-electron chi connectivity index (χ3n) is 7.53. The zero-order valence-electron chi connectivity index (χ0n) is 24.0. The highest BCUT2D eigenvalue weighted by Gasteiger charge is 2.53. The summed E-state index contributed by atoms with van der Waals surface area (Å²) in [7, 11) is -2.87. The predicted molar refractivity (Wildman–Crippen MR) is 158 cm³/mol. The summed E-state index contributed by atoms with van der Waals surface area (Å²) in [5.74, 6) is -0.389. The molecule has 0 saturated heterocycles. The molecule has 0 saturated carbocycles. The molecule has 3 aromatic carbocycles. The molecule has 38 heavy (non-hydrogen) atoms. The fourth-order valence-electron chi connectivity index (χ4n) is 5.41. The van der Waals surface area contributed by atoms with Crippen molar-refractivity contribution < 1.29 is 19.1 Å². The summed E-state index contributed by atoms with van der Waals surface area (Å²) < 4.78 is 12.9. The van der Waals surface area contributed by atoms with Gasteiger partial charge in [0, 0.05) is 5.92 Å². The smallest absolute Gasteiger partial charge is 0.261 e. The molecular weight excluding hydrogens is 488 g/mol. The van der Waals surface area contributed by atoms with E-state index >= 15 is 0 Å². The van der Waals surface area contributed by atoms with Crippen LogP contribution in [0.4, 0.5) is 0 Å². The van der Waals surface area contributed by atoms with Crippen LogP contribution in [0.1, 0.15) is 54.0 Å². The number of ether oxygens (including phenoxy) is 1. The van der Waals surface area contributed by atoms with Crippen LogP contribution in [0, 0.1) is 11.3 Å². The largest absolute Gasteiger partial charge is 0.402 e. The second-order valence-electron chi connectivity index (χ2n) is 11.9. The Hall–Kier alpha value is -2.57. The van der Waals surface area contributed by atoms with Crippen molar-refractivity contribution in [2.45, 2.75) is 72.3 Å². The van der Waals surface area contributed by atoms with Crippen LogP contribution in [0.2, 0.25) is 5.04 Å². The summed E-state index contributed by atoms with van der Waals surface area (Å²) >= 11 is 0. The molecule has 0 aliphatic carbocycles. The quantitative estimate of drug-likeness (QED) is 0.301. The van der Waals surface area contributed by atoms with Crippen molar-refractivity contribution >= 4 is 24.5 Å². The van der Waals surface area contributed by atoms with E-state index in [0.717, 1.165) is 15.9 Å². The van der Waals surface area contributed by atoms with Crippen molar-refractivity contribution in [1.82, 2.24) is 0 Å². The maximum Gasteiger partial charge on any atom is 0.261 e. The first kappa shape index (κ1) is 30.0. The molecule has 0 spiro atoms. The Kier molecular flexibility index (Phi) is 9.88. The van der Waals surface area contributed by atoms with E-state index < -0.39 is 25.9 Å². The van der Waals surface area contributed by atoms with E-state index in [0.29, 0.717) is 13.2 Å². The first-order valence-corrected chi connectivity index (χ1v) is 15.4. The summed E-state index contributed by atoms with van der Waals surface area (Å²) in [6.45, 7) is 14.8. The molecular formula is C33H44O4Si. The molecule has 0 aliphatic heterocycles. The number of aliphatic hydroxyl groups excluding tert-OH is 1. The number of carbonyl (C=O) groups excluding carboxylic acids is 1. The lowest BCUT2D eigenvalue weighted by Crippen LogP contribution is -2.68. The number of Topliss-reactive ketones (excluding diaryl/α,β-unsaturated/α-hetero) is 1. The Balaban J connectivity index is 1.83. The standard InChI is InChI=1S/C33H44O4Si/c1-25(23-36-24-27-17-11-8-12-18-27)30(34)33(6,7)31(35)26(2)37-38(32(3,4)5,28-19-13-9-14-20-28)29-21-15-10-16-22-29/h8-22,25-26,31,35H,23-24H2,1-7H3/t25-,26-,31-/m0/s1. The number of aliphatic hydroxyl groups is 1. The van der Waals surface area contributed by atoms with Gasteiger partial charge in [-0.05, 0) is 27.9 Å². The fraction of sp³-hybridized carbons (Fsp3) is 0.424. The fourth-order valence-corrected chi connectivity index (χ4v) is 10.1. The van der Waals surface area contributed by atoms with Crippen LogP contribution < -0.4 is 10.4 Å². The third kappa shape index (κ3) is 6.52. The number of rotatable bonds is 12. The van der Waals surface area contributed by atoms with Gasteiger partial charge in [0.25, 0.3) is 8.32 Å². The Morgan fingerprint density at radius 1 is 0.789 bits per heavy atom. The van der Waals surface area contributed by atoms with Crippen LogP contribution in [0.5, 0.6) is 0 Å². The Morgan fingerprint density at radius 2 is 1.24 bits per heavy atom. The predicted octanol–water partition coefficient (Wildman–Crippen LogP) is 5.76. The number of carbonyl (C=O) groups is 1. The third-order valence-corrected chi connectivity index (χ3v) is 12.7. The highest BCUT2D eigenvalue weighted by Crippen LogP contribution is 2.39. The van der Waals surface area contributed by atoms with Crippen LogP contribution in [-0.2, 0) is 20.6 Å². The zero-order valence-corrected chi connectivity index (χ0v) is 25.0. The van der Waals surface area contributed by atoms with Crippen LogP contribution in [0.3, 0.4) is 0 Å². The van der Waals surface area contributed by atoms with Gasteiger partial charge in [-0.15, -0.1) is 0 Å². The summed E-state index contributed by atoms with van der Waals surface area (Å²) in [5, 5.41) is 13.7. The molecule has 204 valence electrons. The van der Waals surface area contributed by atoms with Gasteiger partial charge in [0.1, 0.15) is 5.78 Å². The zero-order chi connectivity index (χ0) is 28.0. The molecule has 0 aromatic heterocycles. The minimum Gasteiger partial charge on any atom is -0.402 e. The average molecular weight is 533 g/mol. The van der Waals surface area contributed by atoms with Crippen LogP contribution in [0.15, 0.2) is 91.0 Å². The highest BCUT2D eigenvalue weighted by atomic mass is 28.4. The lowest BCUT2D eigenvalue weighted by atomic mass is 9.76. The average Bonchev–Trinajstić information content (AvgIpc) is 2.91. The van der Waals surface area contributed by atoms with Crippen molar-refractivity contribution in [3.63, 3.8) is 0 Å². The van der Waals surface area contributed by atoms with Gasteiger partial charge < -0.3 is 14.3 Å². The summed E-state index contributed by atoms with van der Waals surface area (Å²) in [6, 6.07) is 30.6. The lowest BCUT2D eigenvalue weighted by molar-refractivity contribution is -0.143. The minimum absolute atomic E-state index is 0.0315. The van der Waals surface area contributed by atoms with Crippen LogP contribution >= 0.6 is 0 Å². The number of benzene rings is 3. The number of hydrogen-bond donors (Lipinski definition) is 1.